The van der Waals surface area contributed by atoms with Crippen molar-refractivity contribution >= 4 is 41.8 Å². The maximum absolute atomic E-state index is 12.4. The molecule has 1 unspecified atom stereocenters. The molecule has 2 heterocycles. The summed E-state index contributed by atoms with van der Waals surface area (Å²) in [6, 6.07) is -3.82. The highest BCUT2D eigenvalue weighted by Gasteiger charge is 2.29. The van der Waals surface area contributed by atoms with Gasteiger partial charge in [-0.05, 0) is 51.5 Å². The van der Waals surface area contributed by atoms with Crippen LogP contribution in [-0.2, 0) is 54.9 Å². The van der Waals surface area contributed by atoms with E-state index >= 15 is 0 Å². The predicted octanol–water partition coefficient (Wildman–Crippen LogP) is 3.15. The van der Waals surface area contributed by atoms with Crippen molar-refractivity contribution < 1.29 is 59.1 Å². The molecule has 0 aliphatic heterocycles. The van der Waals surface area contributed by atoms with Crippen LogP contribution in [0.5, 0.6) is 0 Å². The predicted molar refractivity (Wildman–Crippen MR) is 207 cm³/mol. The summed E-state index contributed by atoms with van der Waals surface area (Å²) in [4.78, 5) is 92.7. The van der Waals surface area contributed by atoms with E-state index in [9.17, 15) is 59.1 Å². The second-order valence-corrected chi connectivity index (χ2v) is 14.3. The van der Waals surface area contributed by atoms with Crippen molar-refractivity contribution in [3.63, 3.8) is 0 Å². The SMILES string of the molecule is CCCC(C[C@H](NC(=O)N[C@@H](CCCCNC(=O)CCCCCCCCCCN(Cc1nccn1CC(=O)O)Cc1nccn1CC(=O)O)C(=O)O)C(=O)O)C(=O)O. The van der Waals surface area contributed by atoms with E-state index in [4.69, 9.17) is 0 Å². The Kier molecular flexibility index (Phi) is 22.8. The first kappa shape index (κ1) is 48.6. The van der Waals surface area contributed by atoms with Gasteiger partial charge in [0.1, 0.15) is 36.8 Å². The van der Waals surface area contributed by atoms with Crippen LogP contribution in [0.1, 0.15) is 115 Å². The fourth-order valence-electron chi connectivity index (χ4n) is 6.46. The lowest BCUT2D eigenvalue weighted by Gasteiger charge is -2.22. The monoisotopic (exact) mass is 820 g/mol. The van der Waals surface area contributed by atoms with E-state index < -0.39 is 53.9 Å². The van der Waals surface area contributed by atoms with Crippen LogP contribution in [0.2, 0.25) is 0 Å². The van der Waals surface area contributed by atoms with Crippen molar-refractivity contribution in [1.29, 1.82) is 0 Å². The second kappa shape index (κ2) is 27.2. The number of aromatic nitrogens is 4. The summed E-state index contributed by atoms with van der Waals surface area (Å²) in [7, 11) is 0. The number of rotatable bonds is 33. The van der Waals surface area contributed by atoms with Gasteiger partial charge in [-0.3, -0.25) is 24.1 Å². The zero-order valence-corrected chi connectivity index (χ0v) is 33.2. The number of aliphatic carboxylic acids is 5. The third-order valence-electron chi connectivity index (χ3n) is 9.53. The molecule has 20 nitrogen and oxygen atoms in total. The van der Waals surface area contributed by atoms with Gasteiger partial charge in [0.2, 0.25) is 5.91 Å². The van der Waals surface area contributed by atoms with Crippen LogP contribution < -0.4 is 16.0 Å². The highest BCUT2D eigenvalue weighted by atomic mass is 16.4. The molecule has 2 rings (SSSR count). The Balaban J connectivity index is 1.62. The lowest BCUT2D eigenvalue weighted by atomic mass is 9.95. The van der Waals surface area contributed by atoms with Gasteiger partial charge in [0, 0.05) is 37.8 Å². The molecule has 20 heteroatoms. The number of nitrogens with one attached hydrogen (secondary N) is 3. The zero-order chi connectivity index (χ0) is 42.9. The van der Waals surface area contributed by atoms with E-state index in [0.29, 0.717) is 63.5 Å². The van der Waals surface area contributed by atoms with E-state index in [0.717, 1.165) is 51.4 Å². The fourth-order valence-corrected chi connectivity index (χ4v) is 6.46. The molecule has 2 aromatic rings. The molecule has 0 fully saturated rings. The molecule has 2 aromatic heterocycles. The van der Waals surface area contributed by atoms with Crippen LogP contribution in [-0.4, -0.2) is 116 Å². The quantitative estimate of drug-likeness (QED) is 0.0480. The van der Waals surface area contributed by atoms with Crippen LogP contribution in [0.15, 0.2) is 24.8 Å². The lowest BCUT2D eigenvalue weighted by molar-refractivity contribution is -0.144. The minimum absolute atomic E-state index is 0.0455. The Morgan fingerprint density at radius 1 is 0.655 bits per heavy atom. The number of unbranched alkanes of at least 4 members (excludes halogenated alkanes) is 8. The molecule has 0 saturated heterocycles. The zero-order valence-electron chi connectivity index (χ0n) is 33.2. The molecule has 3 atom stereocenters. The van der Waals surface area contributed by atoms with E-state index in [-0.39, 0.29) is 38.3 Å². The first-order chi connectivity index (χ1) is 27.7. The molecule has 0 bridgehead atoms. The highest BCUT2D eigenvalue weighted by Crippen LogP contribution is 2.16. The first-order valence-corrected chi connectivity index (χ1v) is 19.9. The lowest BCUT2D eigenvalue weighted by Crippen LogP contribution is -2.51. The summed E-state index contributed by atoms with van der Waals surface area (Å²) in [5, 5.41) is 54.0. The van der Waals surface area contributed by atoms with Crippen LogP contribution >= 0.6 is 0 Å². The number of amides is 3. The molecular weight excluding hydrogens is 760 g/mol. The number of carboxylic acid groups (broad SMARTS) is 5. The highest BCUT2D eigenvalue weighted by molar-refractivity contribution is 5.86. The average molecular weight is 821 g/mol. The summed E-state index contributed by atoms with van der Waals surface area (Å²) in [6.07, 6.45) is 15.6. The Bertz CT molecular complexity index is 1560. The minimum atomic E-state index is -1.50. The number of imidazole rings is 2. The van der Waals surface area contributed by atoms with E-state index in [1.807, 2.05) is 0 Å². The maximum atomic E-state index is 12.4. The van der Waals surface area contributed by atoms with Crippen molar-refractivity contribution in [2.24, 2.45) is 5.92 Å². The number of carbonyl (C=O) groups excluding carboxylic acids is 2. The van der Waals surface area contributed by atoms with Gasteiger partial charge in [-0.1, -0.05) is 51.9 Å². The van der Waals surface area contributed by atoms with Crippen molar-refractivity contribution in [2.45, 2.75) is 141 Å². The molecule has 8 N–H and O–H groups in total. The molecule has 3 amide bonds. The average Bonchev–Trinajstić information content (AvgIpc) is 3.78. The van der Waals surface area contributed by atoms with Gasteiger partial charge in [0.25, 0.3) is 0 Å². The summed E-state index contributed by atoms with van der Waals surface area (Å²) >= 11 is 0. The molecule has 58 heavy (non-hydrogen) atoms. The van der Waals surface area contributed by atoms with Gasteiger partial charge in [0.15, 0.2) is 0 Å². The third kappa shape index (κ3) is 20.1. The van der Waals surface area contributed by atoms with E-state index in [2.05, 4.69) is 30.8 Å². The number of hydrogen-bond acceptors (Lipinski definition) is 10. The second-order valence-electron chi connectivity index (χ2n) is 14.3. The Morgan fingerprint density at radius 3 is 1.67 bits per heavy atom. The Labute approximate surface area is 337 Å². The summed E-state index contributed by atoms with van der Waals surface area (Å²) in [5.41, 5.74) is 0. The van der Waals surface area contributed by atoms with Gasteiger partial charge in [-0.25, -0.2) is 24.4 Å². The molecular formula is C38H60N8O12. The van der Waals surface area contributed by atoms with Gasteiger partial charge in [-0.2, -0.15) is 0 Å². The third-order valence-corrected chi connectivity index (χ3v) is 9.53. The number of carbonyl (C=O) groups is 7. The molecule has 0 saturated carbocycles. The number of carboxylic acids is 5. The van der Waals surface area contributed by atoms with Crippen molar-refractivity contribution in [1.82, 2.24) is 40.0 Å². The van der Waals surface area contributed by atoms with E-state index in [1.54, 1.807) is 40.8 Å². The topological polar surface area (TPSA) is 296 Å². The first-order valence-electron chi connectivity index (χ1n) is 19.9. The molecule has 0 spiro atoms. The van der Waals surface area contributed by atoms with Gasteiger partial charge in [-0.15, -0.1) is 0 Å². The number of hydrogen-bond donors (Lipinski definition) is 8. The Hall–Kier alpha value is -5.53. The summed E-state index contributed by atoms with van der Waals surface area (Å²) < 4.78 is 3.15. The van der Waals surface area contributed by atoms with Gasteiger partial charge < -0.3 is 50.6 Å². The van der Waals surface area contributed by atoms with Gasteiger partial charge in [0.05, 0.1) is 19.0 Å². The van der Waals surface area contributed by atoms with Crippen molar-refractivity contribution in [3.8, 4) is 0 Å². The van der Waals surface area contributed by atoms with Gasteiger partial charge >= 0.3 is 35.9 Å². The smallest absolute Gasteiger partial charge is 0.326 e. The molecule has 0 radical (unpaired) electrons. The molecule has 0 aromatic carbocycles. The van der Waals surface area contributed by atoms with Crippen LogP contribution in [0.3, 0.4) is 0 Å². The number of nitrogens with zero attached hydrogens (tertiary/aromatic N) is 5. The van der Waals surface area contributed by atoms with E-state index in [1.165, 1.54) is 0 Å². The fraction of sp³-hybridized carbons (Fsp3) is 0.658. The summed E-state index contributed by atoms with van der Waals surface area (Å²) in [6.45, 7) is 3.13. The normalized spacial score (nSPS) is 12.7. The Morgan fingerprint density at radius 2 is 1.17 bits per heavy atom. The van der Waals surface area contributed by atoms with Crippen molar-refractivity contribution in [2.75, 3.05) is 13.1 Å². The van der Waals surface area contributed by atoms with Crippen LogP contribution in [0, 0.1) is 5.92 Å². The van der Waals surface area contributed by atoms with Crippen LogP contribution in [0.25, 0.3) is 0 Å². The number of urea groups is 1. The van der Waals surface area contributed by atoms with Crippen LogP contribution in [0.4, 0.5) is 4.79 Å². The molecule has 0 aliphatic carbocycles. The maximum Gasteiger partial charge on any atom is 0.326 e. The standard InChI is InChI=1S/C38H60N8O12/c1-2-13-27(35(52)53)22-29(37(56)57)43-38(58)42-28(36(54)55)14-10-11-16-41-32(47)15-9-7-5-3-4-6-8-12-19-44(23-30-39-17-20-45(30)25-33(48)49)24-31-40-18-21-46(31)26-34(50)51/h17-18,20-21,27-29H,2-16,19,22-26H2,1H3,(H,41,47)(H,48,49)(H,50,51)(H,52,53)(H,54,55)(H,56,57)(H2,42,43,58)/t27?,28-,29-/m0/s1. The van der Waals surface area contributed by atoms with Crippen molar-refractivity contribution in [3.05, 3.63) is 36.4 Å². The molecule has 0 aliphatic rings. The molecule has 324 valence electrons. The summed E-state index contributed by atoms with van der Waals surface area (Å²) in [5.74, 6) is -5.73. The minimum Gasteiger partial charge on any atom is -0.481 e. The largest absolute Gasteiger partial charge is 0.481 e.